The second kappa shape index (κ2) is 6.89. The second-order valence-electron chi connectivity index (χ2n) is 6.59. The van der Waals surface area contributed by atoms with Gasteiger partial charge in [0.1, 0.15) is 13.2 Å². The van der Waals surface area contributed by atoms with E-state index in [-0.39, 0.29) is 18.1 Å². The molecule has 130 valence electrons. The van der Waals surface area contributed by atoms with Crippen molar-refractivity contribution in [3.63, 3.8) is 0 Å². The number of carbonyl (C=O) groups is 1. The minimum atomic E-state index is 0.0410. The van der Waals surface area contributed by atoms with Crippen molar-refractivity contribution >= 4 is 6.03 Å². The zero-order chi connectivity index (χ0) is 16.4. The number of hydrogen-bond donors (Lipinski definition) is 1. The fraction of sp³-hybridized carbons (Fsp3) is 0.611. The molecule has 6 heteroatoms. The normalized spacial score (nSPS) is 24.0. The Morgan fingerprint density at radius 2 is 1.83 bits per heavy atom. The number of ether oxygens (including phenoxy) is 3. The molecule has 0 spiro atoms. The Morgan fingerprint density at radius 3 is 2.67 bits per heavy atom. The maximum Gasteiger partial charge on any atom is 0.318 e. The molecule has 0 aliphatic carbocycles. The summed E-state index contributed by atoms with van der Waals surface area (Å²) in [6, 6.07) is 6.42. The van der Waals surface area contributed by atoms with Gasteiger partial charge in [0.2, 0.25) is 0 Å². The van der Waals surface area contributed by atoms with Crippen LogP contribution in [-0.4, -0.2) is 49.9 Å². The van der Waals surface area contributed by atoms with Crippen LogP contribution in [0.2, 0.25) is 0 Å². The molecule has 2 saturated heterocycles. The molecular weight excluding hydrogens is 308 g/mol. The van der Waals surface area contributed by atoms with E-state index in [9.17, 15) is 4.79 Å². The van der Waals surface area contributed by atoms with Crippen LogP contribution in [0.4, 0.5) is 4.79 Å². The molecule has 3 aliphatic rings. The topological polar surface area (TPSA) is 60.0 Å². The number of hydrogen-bond acceptors (Lipinski definition) is 4. The van der Waals surface area contributed by atoms with Crippen LogP contribution in [0.3, 0.4) is 0 Å². The zero-order valence-electron chi connectivity index (χ0n) is 13.8. The van der Waals surface area contributed by atoms with Gasteiger partial charge in [0.15, 0.2) is 11.5 Å². The molecule has 3 heterocycles. The van der Waals surface area contributed by atoms with Crippen LogP contribution < -0.4 is 14.8 Å². The maximum atomic E-state index is 12.7. The van der Waals surface area contributed by atoms with Crippen molar-refractivity contribution in [2.45, 2.75) is 37.8 Å². The van der Waals surface area contributed by atoms with Crippen molar-refractivity contribution in [1.29, 1.82) is 0 Å². The van der Waals surface area contributed by atoms with E-state index in [4.69, 9.17) is 14.2 Å². The van der Waals surface area contributed by atoms with E-state index in [2.05, 4.69) is 11.4 Å². The Morgan fingerprint density at radius 1 is 1.04 bits per heavy atom. The smallest absolute Gasteiger partial charge is 0.318 e. The number of fused-ring (bicyclic) bond motifs is 1. The van der Waals surface area contributed by atoms with Crippen molar-refractivity contribution in [1.82, 2.24) is 10.2 Å². The van der Waals surface area contributed by atoms with Crippen molar-refractivity contribution in [3.05, 3.63) is 23.8 Å². The number of nitrogens with one attached hydrogen (secondary N) is 1. The summed E-state index contributed by atoms with van der Waals surface area (Å²) < 4.78 is 16.6. The molecule has 4 rings (SSSR count). The summed E-state index contributed by atoms with van der Waals surface area (Å²) in [5, 5.41) is 3.17. The number of likely N-dealkylation sites (tertiary alicyclic amines) is 1. The third-order valence-corrected chi connectivity index (χ3v) is 5.01. The van der Waals surface area contributed by atoms with E-state index in [0.717, 1.165) is 62.5 Å². The van der Waals surface area contributed by atoms with E-state index in [1.807, 2.05) is 17.0 Å². The van der Waals surface area contributed by atoms with Gasteiger partial charge in [-0.25, -0.2) is 4.79 Å². The van der Waals surface area contributed by atoms with Crippen LogP contribution in [0.5, 0.6) is 11.5 Å². The maximum absolute atomic E-state index is 12.7. The highest BCUT2D eigenvalue weighted by atomic mass is 16.6. The van der Waals surface area contributed by atoms with Crippen molar-refractivity contribution in [3.8, 4) is 11.5 Å². The molecule has 2 fully saturated rings. The highest BCUT2D eigenvalue weighted by Gasteiger charge is 2.32. The van der Waals surface area contributed by atoms with Crippen LogP contribution in [0.15, 0.2) is 18.2 Å². The fourth-order valence-corrected chi connectivity index (χ4v) is 3.72. The third kappa shape index (κ3) is 3.15. The Labute approximate surface area is 142 Å². The molecule has 1 aromatic carbocycles. The summed E-state index contributed by atoms with van der Waals surface area (Å²) in [5.74, 6) is 1.58. The number of rotatable bonds is 2. The SMILES string of the molecule is O=C(NC1CCOCC1)N1CCC[C@@H]1c1ccc2c(c1)OCCO2. The highest BCUT2D eigenvalue weighted by Crippen LogP contribution is 2.38. The minimum Gasteiger partial charge on any atom is -0.486 e. The number of benzene rings is 1. The lowest BCUT2D eigenvalue weighted by molar-refractivity contribution is 0.0778. The Hall–Kier alpha value is -1.95. The first kappa shape index (κ1) is 15.6. The molecule has 0 aromatic heterocycles. The zero-order valence-corrected chi connectivity index (χ0v) is 13.8. The largest absolute Gasteiger partial charge is 0.486 e. The average molecular weight is 332 g/mol. The fourth-order valence-electron chi connectivity index (χ4n) is 3.72. The van der Waals surface area contributed by atoms with Gasteiger partial charge in [-0.3, -0.25) is 0 Å². The van der Waals surface area contributed by atoms with Crippen LogP contribution in [0.25, 0.3) is 0 Å². The lowest BCUT2D eigenvalue weighted by Gasteiger charge is -2.30. The summed E-state index contributed by atoms with van der Waals surface area (Å²) in [7, 11) is 0. The quantitative estimate of drug-likeness (QED) is 0.904. The van der Waals surface area contributed by atoms with E-state index in [0.29, 0.717) is 13.2 Å². The minimum absolute atomic E-state index is 0.0410. The van der Waals surface area contributed by atoms with Crippen molar-refractivity contribution < 1.29 is 19.0 Å². The van der Waals surface area contributed by atoms with Gasteiger partial charge in [0.25, 0.3) is 0 Å². The number of nitrogens with zero attached hydrogens (tertiary/aromatic N) is 1. The van der Waals surface area contributed by atoms with E-state index < -0.39 is 0 Å². The average Bonchev–Trinajstić information content (AvgIpc) is 3.12. The summed E-state index contributed by atoms with van der Waals surface area (Å²) in [5.41, 5.74) is 1.12. The molecule has 1 atom stereocenters. The van der Waals surface area contributed by atoms with Crippen LogP contribution >= 0.6 is 0 Å². The Balaban J connectivity index is 1.47. The molecule has 1 aromatic rings. The van der Waals surface area contributed by atoms with Gasteiger partial charge in [0.05, 0.1) is 6.04 Å². The first-order valence-electron chi connectivity index (χ1n) is 8.86. The van der Waals surface area contributed by atoms with Gasteiger partial charge >= 0.3 is 6.03 Å². The number of carbonyl (C=O) groups excluding carboxylic acids is 1. The third-order valence-electron chi connectivity index (χ3n) is 5.01. The Bertz CT molecular complexity index is 601. The molecular formula is C18H24N2O4. The van der Waals surface area contributed by atoms with E-state index >= 15 is 0 Å². The van der Waals surface area contributed by atoms with E-state index in [1.165, 1.54) is 0 Å². The second-order valence-corrected chi connectivity index (χ2v) is 6.59. The highest BCUT2D eigenvalue weighted by molar-refractivity contribution is 5.75. The first-order chi connectivity index (χ1) is 11.8. The molecule has 0 bridgehead atoms. The molecule has 1 N–H and O–H groups in total. The van der Waals surface area contributed by atoms with Gasteiger partial charge in [-0.2, -0.15) is 0 Å². The molecule has 24 heavy (non-hydrogen) atoms. The molecule has 6 nitrogen and oxygen atoms in total. The molecule has 0 radical (unpaired) electrons. The predicted molar refractivity (Wildman–Crippen MR) is 88.5 cm³/mol. The Kier molecular flexibility index (Phi) is 4.47. The molecule has 0 saturated carbocycles. The molecule has 3 aliphatic heterocycles. The summed E-state index contributed by atoms with van der Waals surface area (Å²) >= 11 is 0. The summed E-state index contributed by atoms with van der Waals surface area (Å²) in [4.78, 5) is 14.7. The number of urea groups is 1. The lowest BCUT2D eigenvalue weighted by atomic mass is 10.0. The van der Waals surface area contributed by atoms with Gasteiger partial charge < -0.3 is 24.4 Å². The van der Waals surface area contributed by atoms with Gasteiger partial charge in [-0.05, 0) is 43.4 Å². The van der Waals surface area contributed by atoms with Crippen LogP contribution in [0.1, 0.15) is 37.3 Å². The van der Waals surface area contributed by atoms with Crippen LogP contribution in [-0.2, 0) is 4.74 Å². The standard InChI is InChI=1S/C18H24N2O4/c21-18(19-14-5-8-22-9-6-14)20-7-1-2-15(20)13-3-4-16-17(12-13)24-11-10-23-16/h3-4,12,14-15H,1-2,5-11H2,(H,19,21)/t15-/m1/s1. The van der Waals surface area contributed by atoms with Crippen LogP contribution in [0, 0.1) is 0 Å². The van der Waals surface area contributed by atoms with E-state index in [1.54, 1.807) is 0 Å². The number of amides is 2. The summed E-state index contributed by atoms with van der Waals surface area (Å²) in [6.07, 6.45) is 3.81. The lowest BCUT2D eigenvalue weighted by Crippen LogP contribution is -2.46. The van der Waals surface area contributed by atoms with Gasteiger partial charge in [0, 0.05) is 25.8 Å². The van der Waals surface area contributed by atoms with Crippen molar-refractivity contribution in [2.75, 3.05) is 33.0 Å². The first-order valence-corrected chi connectivity index (χ1v) is 8.86. The predicted octanol–water partition coefficient (Wildman–Crippen LogP) is 2.48. The monoisotopic (exact) mass is 332 g/mol. The molecule has 0 unspecified atom stereocenters. The molecule has 2 amide bonds. The summed E-state index contributed by atoms with van der Waals surface area (Å²) in [6.45, 7) is 3.44. The van der Waals surface area contributed by atoms with Crippen molar-refractivity contribution in [2.24, 2.45) is 0 Å². The van der Waals surface area contributed by atoms with Gasteiger partial charge in [-0.1, -0.05) is 6.07 Å². The van der Waals surface area contributed by atoms with Gasteiger partial charge in [-0.15, -0.1) is 0 Å².